The van der Waals surface area contributed by atoms with Gasteiger partial charge >= 0.3 is 6.03 Å². The van der Waals surface area contributed by atoms with Crippen molar-refractivity contribution in [2.45, 2.75) is 19.5 Å². The fourth-order valence-corrected chi connectivity index (χ4v) is 3.00. The van der Waals surface area contributed by atoms with Gasteiger partial charge in [0, 0.05) is 44.5 Å². The molecular formula is C20H24FN5O2. The van der Waals surface area contributed by atoms with Crippen molar-refractivity contribution in [1.82, 2.24) is 20.5 Å². The molecule has 2 aromatic rings. The standard InChI is InChI=1S/C20H24FN5O2/c1-15(19(27)23-14-16-6-2-3-7-17(16)21)24-20(28)26-12-10-25(11-13-26)18-8-4-5-9-22-18/h2-9,15H,10-14H2,1H3,(H,23,27)(H,24,28)/t15-/m0/s1. The lowest BCUT2D eigenvalue weighted by Crippen LogP contribution is -2.55. The Morgan fingerprint density at radius 3 is 2.50 bits per heavy atom. The van der Waals surface area contributed by atoms with E-state index in [1.165, 1.54) is 6.07 Å². The molecule has 8 heteroatoms. The summed E-state index contributed by atoms with van der Waals surface area (Å²) in [5, 5.41) is 5.35. The number of nitrogens with zero attached hydrogens (tertiary/aromatic N) is 3. The second-order valence-electron chi connectivity index (χ2n) is 6.64. The SMILES string of the molecule is C[C@H](NC(=O)N1CCN(c2ccccn2)CC1)C(=O)NCc1ccccc1F. The van der Waals surface area contributed by atoms with Crippen molar-refractivity contribution >= 4 is 17.8 Å². The van der Waals surface area contributed by atoms with Crippen LogP contribution in [0.5, 0.6) is 0 Å². The molecule has 3 amide bonds. The Morgan fingerprint density at radius 2 is 1.82 bits per heavy atom. The van der Waals surface area contributed by atoms with Crippen LogP contribution in [0.15, 0.2) is 48.7 Å². The molecular weight excluding hydrogens is 361 g/mol. The Balaban J connectivity index is 1.44. The van der Waals surface area contributed by atoms with E-state index < -0.39 is 6.04 Å². The van der Waals surface area contributed by atoms with Crippen molar-refractivity contribution in [3.8, 4) is 0 Å². The number of amides is 3. The maximum Gasteiger partial charge on any atom is 0.318 e. The second kappa shape index (κ2) is 9.16. The summed E-state index contributed by atoms with van der Waals surface area (Å²) in [6.45, 7) is 4.14. The van der Waals surface area contributed by atoms with Gasteiger partial charge in [-0.1, -0.05) is 24.3 Å². The number of halogens is 1. The predicted octanol–water partition coefficient (Wildman–Crippen LogP) is 1.76. The summed E-state index contributed by atoms with van der Waals surface area (Å²) in [5.74, 6) is 0.164. The average molecular weight is 385 g/mol. The van der Waals surface area contributed by atoms with Crippen LogP contribution in [0.25, 0.3) is 0 Å². The topological polar surface area (TPSA) is 77.6 Å². The monoisotopic (exact) mass is 385 g/mol. The quantitative estimate of drug-likeness (QED) is 0.822. The molecule has 0 unspecified atom stereocenters. The normalized spacial score (nSPS) is 15.1. The van der Waals surface area contributed by atoms with E-state index in [0.717, 1.165) is 5.82 Å². The van der Waals surface area contributed by atoms with E-state index in [9.17, 15) is 14.0 Å². The van der Waals surface area contributed by atoms with Gasteiger partial charge in [-0.15, -0.1) is 0 Å². The summed E-state index contributed by atoms with van der Waals surface area (Å²) < 4.78 is 13.6. The van der Waals surface area contributed by atoms with E-state index in [4.69, 9.17) is 0 Å². The zero-order valence-electron chi connectivity index (χ0n) is 15.8. The lowest BCUT2D eigenvalue weighted by molar-refractivity contribution is -0.122. The zero-order chi connectivity index (χ0) is 19.9. The molecule has 1 fully saturated rings. The highest BCUT2D eigenvalue weighted by Crippen LogP contribution is 2.12. The van der Waals surface area contributed by atoms with Crippen molar-refractivity contribution < 1.29 is 14.0 Å². The summed E-state index contributed by atoms with van der Waals surface area (Å²) in [7, 11) is 0. The molecule has 0 bridgehead atoms. The lowest BCUT2D eigenvalue weighted by Gasteiger charge is -2.35. The molecule has 2 N–H and O–H groups in total. The largest absolute Gasteiger partial charge is 0.353 e. The molecule has 148 valence electrons. The highest BCUT2D eigenvalue weighted by Gasteiger charge is 2.24. The number of pyridine rings is 1. The number of aromatic nitrogens is 1. The minimum atomic E-state index is -0.715. The van der Waals surface area contributed by atoms with Gasteiger partial charge in [0.25, 0.3) is 0 Å². The number of benzene rings is 1. The Labute approximate surface area is 163 Å². The second-order valence-corrected chi connectivity index (χ2v) is 6.64. The third-order valence-corrected chi connectivity index (χ3v) is 4.68. The van der Waals surface area contributed by atoms with Crippen molar-refractivity contribution in [3.05, 3.63) is 60.0 Å². The van der Waals surface area contributed by atoms with Crippen LogP contribution in [0.1, 0.15) is 12.5 Å². The Bertz CT molecular complexity index is 809. The molecule has 1 aliphatic heterocycles. The van der Waals surface area contributed by atoms with E-state index in [-0.39, 0.29) is 24.3 Å². The summed E-state index contributed by atoms with van der Waals surface area (Å²) >= 11 is 0. The number of nitrogens with one attached hydrogen (secondary N) is 2. The first-order valence-electron chi connectivity index (χ1n) is 9.27. The minimum Gasteiger partial charge on any atom is -0.353 e. The third kappa shape index (κ3) is 4.97. The first-order valence-corrected chi connectivity index (χ1v) is 9.27. The number of piperazine rings is 1. The van der Waals surface area contributed by atoms with Crippen LogP contribution in [0.2, 0.25) is 0 Å². The fourth-order valence-electron chi connectivity index (χ4n) is 3.00. The molecule has 1 atom stereocenters. The van der Waals surface area contributed by atoms with E-state index >= 15 is 0 Å². The number of urea groups is 1. The molecule has 7 nitrogen and oxygen atoms in total. The average Bonchev–Trinajstić information content (AvgIpc) is 2.73. The van der Waals surface area contributed by atoms with Gasteiger partial charge in [-0.05, 0) is 25.1 Å². The number of hydrogen-bond acceptors (Lipinski definition) is 4. The van der Waals surface area contributed by atoms with E-state index in [0.29, 0.717) is 31.7 Å². The predicted molar refractivity (Wildman–Crippen MR) is 104 cm³/mol. The van der Waals surface area contributed by atoms with E-state index in [1.807, 2.05) is 18.2 Å². The Morgan fingerprint density at radius 1 is 1.11 bits per heavy atom. The number of hydrogen-bond donors (Lipinski definition) is 2. The minimum absolute atomic E-state index is 0.0778. The van der Waals surface area contributed by atoms with Crippen molar-refractivity contribution in [3.63, 3.8) is 0 Å². The van der Waals surface area contributed by atoms with Crippen LogP contribution < -0.4 is 15.5 Å². The molecule has 1 saturated heterocycles. The Kier molecular flexibility index (Phi) is 6.41. The zero-order valence-corrected chi connectivity index (χ0v) is 15.8. The molecule has 28 heavy (non-hydrogen) atoms. The molecule has 1 aliphatic rings. The maximum atomic E-state index is 13.6. The highest BCUT2D eigenvalue weighted by atomic mass is 19.1. The summed E-state index contributed by atoms with van der Waals surface area (Å²) in [4.78, 5) is 32.7. The third-order valence-electron chi connectivity index (χ3n) is 4.68. The molecule has 1 aromatic carbocycles. The smallest absolute Gasteiger partial charge is 0.318 e. The van der Waals surface area contributed by atoms with E-state index in [1.54, 1.807) is 36.2 Å². The van der Waals surface area contributed by atoms with Gasteiger partial charge in [-0.25, -0.2) is 14.2 Å². The summed E-state index contributed by atoms with van der Waals surface area (Å²) in [6.07, 6.45) is 1.75. The molecule has 0 saturated carbocycles. The van der Waals surface area contributed by atoms with Gasteiger partial charge in [0.05, 0.1) is 0 Å². The Hall–Kier alpha value is -3.16. The fraction of sp³-hybridized carbons (Fsp3) is 0.350. The molecule has 0 radical (unpaired) electrons. The van der Waals surface area contributed by atoms with Crippen LogP contribution in [0.3, 0.4) is 0 Å². The van der Waals surface area contributed by atoms with E-state index in [2.05, 4.69) is 20.5 Å². The maximum absolute atomic E-state index is 13.6. The van der Waals surface area contributed by atoms with Gasteiger partial charge < -0.3 is 20.4 Å². The van der Waals surface area contributed by atoms with Crippen LogP contribution in [-0.2, 0) is 11.3 Å². The lowest BCUT2D eigenvalue weighted by atomic mass is 10.2. The highest BCUT2D eigenvalue weighted by molar-refractivity contribution is 5.86. The van der Waals surface area contributed by atoms with Crippen LogP contribution in [-0.4, -0.2) is 54.0 Å². The van der Waals surface area contributed by atoms with Gasteiger partial charge in [0.1, 0.15) is 17.7 Å². The molecule has 0 aliphatic carbocycles. The first kappa shape index (κ1) is 19.6. The summed E-state index contributed by atoms with van der Waals surface area (Å²) in [5.41, 5.74) is 0.403. The first-order chi connectivity index (χ1) is 13.5. The van der Waals surface area contributed by atoms with Crippen LogP contribution >= 0.6 is 0 Å². The molecule has 1 aromatic heterocycles. The molecule has 0 spiro atoms. The van der Waals surface area contributed by atoms with Crippen LogP contribution in [0, 0.1) is 5.82 Å². The molecule has 3 rings (SSSR count). The van der Waals surface area contributed by atoms with Gasteiger partial charge in [0.15, 0.2) is 0 Å². The number of carbonyl (C=O) groups excluding carboxylic acids is 2. The number of anilines is 1. The van der Waals surface area contributed by atoms with Gasteiger partial charge in [-0.3, -0.25) is 4.79 Å². The van der Waals surface area contributed by atoms with Crippen molar-refractivity contribution in [2.24, 2.45) is 0 Å². The summed E-state index contributed by atoms with van der Waals surface area (Å²) in [6, 6.07) is 11.0. The molecule has 2 heterocycles. The number of carbonyl (C=O) groups is 2. The van der Waals surface area contributed by atoms with Crippen LogP contribution in [0.4, 0.5) is 15.0 Å². The van der Waals surface area contributed by atoms with Gasteiger partial charge in [-0.2, -0.15) is 0 Å². The van der Waals surface area contributed by atoms with Crippen molar-refractivity contribution in [2.75, 3.05) is 31.1 Å². The van der Waals surface area contributed by atoms with Gasteiger partial charge in [0.2, 0.25) is 5.91 Å². The van der Waals surface area contributed by atoms with Crippen molar-refractivity contribution in [1.29, 1.82) is 0 Å². The number of rotatable bonds is 5.